The first-order valence-electron chi connectivity index (χ1n) is 8.77. The normalized spacial score (nSPS) is 17.0. The molecule has 0 unspecified atom stereocenters. The van der Waals surface area contributed by atoms with Gasteiger partial charge in [0.2, 0.25) is 0 Å². The number of piperidine rings is 1. The van der Waals surface area contributed by atoms with E-state index in [-0.39, 0.29) is 12.1 Å². The maximum Gasteiger partial charge on any atom is 0.320 e. The Morgan fingerprint density at radius 2 is 1.92 bits per heavy atom. The van der Waals surface area contributed by atoms with E-state index in [1.54, 1.807) is 6.07 Å². The summed E-state index contributed by atoms with van der Waals surface area (Å²) >= 11 is 0. The summed E-state index contributed by atoms with van der Waals surface area (Å²) < 4.78 is 0. The smallest absolute Gasteiger partial charge is 0.320 e. The molecule has 0 spiro atoms. The predicted molar refractivity (Wildman–Crippen MR) is 98.4 cm³/mol. The lowest BCUT2D eigenvalue weighted by molar-refractivity contribution is 0.154. The molecule has 3 heterocycles. The van der Waals surface area contributed by atoms with Gasteiger partial charge in [0, 0.05) is 43.3 Å². The highest BCUT2D eigenvalue weighted by Crippen LogP contribution is 2.23. The zero-order valence-corrected chi connectivity index (χ0v) is 14.8. The van der Waals surface area contributed by atoms with Crippen LogP contribution in [-0.2, 0) is 0 Å². The molecule has 1 fully saturated rings. The van der Waals surface area contributed by atoms with Crippen LogP contribution >= 0.6 is 0 Å². The van der Waals surface area contributed by atoms with Gasteiger partial charge in [-0.3, -0.25) is 15.2 Å². The molecule has 6 nitrogen and oxygen atoms in total. The summed E-state index contributed by atoms with van der Waals surface area (Å²) in [4.78, 5) is 23.0. The first-order valence-corrected chi connectivity index (χ1v) is 8.77. The maximum absolute atomic E-state index is 12.1. The van der Waals surface area contributed by atoms with Gasteiger partial charge in [-0.2, -0.15) is 0 Å². The number of rotatable bonds is 4. The third kappa shape index (κ3) is 4.76. The van der Waals surface area contributed by atoms with Crippen molar-refractivity contribution in [2.45, 2.75) is 38.8 Å². The van der Waals surface area contributed by atoms with E-state index in [0.717, 1.165) is 31.6 Å². The van der Waals surface area contributed by atoms with E-state index in [9.17, 15) is 4.79 Å². The molecule has 1 atom stereocenters. The summed E-state index contributed by atoms with van der Waals surface area (Å²) in [6.07, 6.45) is 5.57. The Morgan fingerprint density at radius 1 is 1.20 bits per heavy atom. The summed E-state index contributed by atoms with van der Waals surface area (Å²) in [6.45, 7) is 6.07. The van der Waals surface area contributed by atoms with Gasteiger partial charge < -0.3 is 5.32 Å². The number of anilines is 1. The van der Waals surface area contributed by atoms with Gasteiger partial charge in [-0.05, 0) is 56.5 Å². The number of pyridine rings is 2. The molecule has 2 aromatic heterocycles. The molecule has 0 aliphatic carbocycles. The van der Waals surface area contributed by atoms with Crippen LogP contribution in [0.25, 0.3) is 0 Å². The highest BCUT2D eigenvalue weighted by molar-refractivity contribution is 5.88. The van der Waals surface area contributed by atoms with Crippen LogP contribution < -0.4 is 10.6 Å². The fourth-order valence-corrected chi connectivity index (χ4v) is 3.23. The van der Waals surface area contributed by atoms with Crippen molar-refractivity contribution in [3.05, 3.63) is 54.0 Å². The van der Waals surface area contributed by atoms with Gasteiger partial charge in [0.25, 0.3) is 0 Å². The number of aryl methyl sites for hydroxylation is 1. The molecule has 132 valence electrons. The minimum absolute atomic E-state index is 0.182. The molecule has 0 bridgehead atoms. The molecule has 2 aromatic rings. The van der Waals surface area contributed by atoms with E-state index in [0.29, 0.717) is 11.9 Å². The second kappa shape index (κ2) is 8.07. The molecule has 0 aromatic carbocycles. The van der Waals surface area contributed by atoms with Crippen molar-refractivity contribution in [3.8, 4) is 0 Å². The average Bonchev–Trinajstić information content (AvgIpc) is 2.62. The van der Waals surface area contributed by atoms with Crippen LogP contribution in [0, 0.1) is 6.92 Å². The molecule has 2 N–H and O–H groups in total. The number of nitrogens with zero attached hydrogens (tertiary/aromatic N) is 3. The number of carbonyl (C=O) groups is 1. The Labute approximate surface area is 148 Å². The molecule has 1 saturated heterocycles. The van der Waals surface area contributed by atoms with E-state index < -0.39 is 0 Å². The molecule has 3 rings (SSSR count). The van der Waals surface area contributed by atoms with Crippen molar-refractivity contribution < 1.29 is 4.79 Å². The van der Waals surface area contributed by atoms with Crippen LogP contribution in [0.3, 0.4) is 0 Å². The van der Waals surface area contributed by atoms with Gasteiger partial charge in [-0.1, -0.05) is 6.07 Å². The standard InChI is InChI=1S/C19H25N5O/c1-14-4-3-5-18(21-14)23-19(25)22-17-8-12-24(13-9-17)15(2)16-6-10-20-11-7-16/h3-7,10-11,15,17H,8-9,12-13H2,1-2H3,(H2,21,22,23,25)/t15-/m1/s1. The fourth-order valence-electron chi connectivity index (χ4n) is 3.23. The fraction of sp³-hybridized carbons (Fsp3) is 0.421. The average molecular weight is 339 g/mol. The van der Waals surface area contributed by atoms with Gasteiger partial charge >= 0.3 is 6.03 Å². The van der Waals surface area contributed by atoms with Gasteiger partial charge in [0.05, 0.1) is 0 Å². The second-order valence-electron chi connectivity index (χ2n) is 6.53. The molecule has 6 heteroatoms. The maximum atomic E-state index is 12.1. The zero-order valence-electron chi connectivity index (χ0n) is 14.8. The van der Waals surface area contributed by atoms with E-state index in [4.69, 9.17) is 0 Å². The summed E-state index contributed by atoms with van der Waals surface area (Å²) in [5.74, 6) is 0.584. The zero-order chi connectivity index (χ0) is 17.6. The number of urea groups is 1. The van der Waals surface area contributed by atoms with Crippen molar-refractivity contribution >= 4 is 11.8 Å². The second-order valence-corrected chi connectivity index (χ2v) is 6.53. The number of carbonyl (C=O) groups excluding carboxylic acids is 1. The Hall–Kier alpha value is -2.47. The van der Waals surface area contributed by atoms with E-state index >= 15 is 0 Å². The molecule has 0 radical (unpaired) electrons. The molecule has 0 saturated carbocycles. The lowest BCUT2D eigenvalue weighted by Crippen LogP contribution is -2.46. The van der Waals surface area contributed by atoms with Crippen LogP contribution in [0.1, 0.15) is 37.1 Å². The number of nitrogens with one attached hydrogen (secondary N) is 2. The molecule has 25 heavy (non-hydrogen) atoms. The van der Waals surface area contributed by atoms with Gasteiger partial charge in [-0.15, -0.1) is 0 Å². The van der Waals surface area contributed by atoms with Gasteiger partial charge in [0.1, 0.15) is 5.82 Å². The number of likely N-dealkylation sites (tertiary alicyclic amines) is 1. The molecular weight excluding hydrogens is 314 g/mol. The van der Waals surface area contributed by atoms with Crippen molar-refractivity contribution in [3.63, 3.8) is 0 Å². The van der Waals surface area contributed by atoms with Crippen LogP contribution in [-0.4, -0.2) is 40.0 Å². The predicted octanol–water partition coefficient (Wildman–Crippen LogP) is 3.13. The highest BCUT2D eigenvalue weighted by Gasteiger charge is 2.24. The molecule has 1 aliphatic rings. The number of hydrogen-bond acceptors (Lipinski definition) is 4. The lowest BCUT2D eigenvalue weighted by atomic mass is 10.0. The quantitative estimate of drug-likeness (QED) is 0.898. The minimum Gasteiger partial charge on any atom is -0.335 e. The van der Waals surface area contributed by atoms with Crippen LogP contribution in [0.15, 0.2) is 42.7 Å². The number of amides is 2. The van der Waals surface area contributed by atoms with Crippen molar-refractivity contribution in [2.24, 2.45) is 0 Å². The summed E-state index contributed by atoms with van der Waals surface area (Å²) in [7, 11) is 0. The SMILES string of the molecule is Cc1cccc(NC(=O)NC2CCN([C@H](C)c3ccncc3)CC2)n1. The number of aromatic nitrogens is 2. The Morgan fingerprint density at radius 3 is 2.60 bits per heavy atom. The summed E-state index contributed by atoms with van der Waals surface area (Å²) in [5, 5.41) is 5.87. The van der Waals surface area contributed by atoms with Gasteiger partial charge in [0.15, 0.2) is 0 Å². The molecule has 2 amide bonds. The van der Waals surface area contributed by atoms with Crippen LogP contribution in [0.5, 0.6) is 0 Å². The number of hydrogen-bond donors (Lipinski definition) is 2. The van der Waals surface area contributed by atoms with E-state index in [2.05, 4.69) is 44.6 Å². The Bertz CT molecular complexity index is 698. The summed E-state index contributed by atoms with van der Waals surface area (Å²) in [6, 6.07) is 10.1. The summed E-state index contributed by atoms with van der Waals surface area (Å²) in [5.41, 5.74) is 2.17. The van der Waals surface area contributed by atoms with Crippen molar-refractivity contribution in [1.29, 1.82) is 0 Å². The first kappa shape index (κ1) is 17.4. The highest BCUT2D eigenvalue weighted by atomic mass is 16.2. The largest absolute Gasteiger partial charge is 0.335 e. The third-order valence-electron chi connectivity index (χ3n) is 4.73. The van der Waals surface area contributed by atoms with E-state index in [1.807, 2.05) is 31.5 Å². The molecular formula is C19H25N5O. The molecule has 1 aliphatic heterocycles. The minimum atomic E-state index is -0.182. The topological polar surface area (TPSA) is 70.2 Å². The Kier molecular flexibility index (Phi) is 5.60. The first-order chi connectivity index (χ1) is 12.1. The van der Waals surface area contributed by atoms with Crippen molar-refractivity contribution in [2.75, 3.05) is 18.4 Å². The van der Waals surface area contributed by atoms with Crippen LogP contribution in [0.4, 0.5) is 10.6 Å². The third-order valence-corrected chi connectivity index (χ3v) is 4.73. The van der Waals surface area contributed by atoms with E-state index in [1.165, 1.54) is 5.56 Å². The van der Waals surface area contributed by atoms with Crippen LogP contribution in [0.2, 0.25) is 0 Å². The Balaban J connectivity index is 1.47. The lowest BCUT2D eigenvalue weighted by Gasteiger charge is -2.36. The van der Waals surface area contributed by atoms with Crippen molar-refractivity contribution in [1.82, 2.24) is 20.2 Å². The van der Waals surface area contributed by atoms with Gasteiger partial charge in [-0.25, -0.2) is 9.78 Å². The monoisotopic (exact) mass is 339 g/mol.